The number of nitrogens with zero attached hydrogens (tertiary/aromatic N) is 1. The average Bonchev–Trinajstić information content (AvgIpc) is 2.63. The molecule has 0 aromatic heterocycles. The van der Waals surface area contributed by atoms with Crippen molar-refractivity contribution < 1.29 is 14.7 Å². The zero-order chi connectivity index (χ0) is 15.1. The highest BCUT2D eigenvalue weighted by molar-refractivity contribution is 5.82. The number of carboxylic acids is 1. The van der Waals surface area contributed by atoms with Crippen LogP contribution in [-0.2, 0) is 4.79 Å². The lowest BCUT2D eigenvalue weighted by Gasteiger charge is -2.23. The monoisotopic (exact) mass is 280 g/mol. The summed E-state index contributed by atoms with van der Waals surface area (Å²) in [6, 6.07) is -1.33. The smallest absolute Gasteiger partial charge is 0.327 e. The van der Waals surface area contributed by atoms with Gasteiger partial charge in [0.05, 0.1) is 0 Å². The first-order chi connectivity index (χ1) is 9.45. The summed E-state index contributed by atoms with van der Waals surface area (Å²) >= 11 is 0. The number of likely N-dealkylation sites (tertiary alicyclic amines) is 1. The maximum atomic E-state index is 12.1. The molecule has 2 unspecified atom stereocenters. The Kier molecular flexibility index (Phi) is 6.37. The number of aliphatic carboxylic acids is 1. The van der Waals surface area contributed by atoms with E-state index in [1.165, 1.54) is 0 Å². The Morgan fingerprint density at radius 1 is 1.40 bits per heavy atom. The molecule has 5 nitrogen and oxygen atoms in total. The van der Waals surface area contributed by atoms with E-state index in [1.807, 2.05) is 0 Å². The van der Waals surface area contributed by atoms with Crippen LogP contribution < -0.4 is 5.32 Å². The molecule has 1 heterocycles. The van der Waals surface area contributed by atoms with Gasteiger partial charge in [-0.1, -0.05) is 13.8 Å². The predicted octanol–water partition coefficient (Wildman–Crippen LogP) is 1.93. The quantitative estimate of drug-likeness (QED) is 0.773. The summed E-state index contributed by atoms with van der Waals surface area (Å²) in [6.07, 6.45) is 8.17. The Hall–Kier alpha value is -1.70. The van der Waals surface area contributed by atoms with Gasteiger partial charge in [-0.15, -0.1) is 12.3 Å². The molecule has 0 aromatic rings. The lowest BCUT2D eigenvalue weighted by Crippen LogP contribution is -2.48. The second-order valence-corrected chi connectivity index (χ2v) is 5.67. The summed E-state index contributed by atoms with van der Waals surface area (Å²) < 4.78 is 0. The largest absolute Gasteiger partial charge is 0.480 e. The van der Waals surface area contributed by atoms with E-state index in [0.29, 0.717) is 24.9 Å². The molecule has 0 radical (unpaired) electrons. The summed E-state index contributed by atoms with van der Waals surface area (Å²) in [5, 5.41) is 11.5. The van der Waals surface area contributed by atoms with Crippen LogP contribution in [0.3, 0.4) is 0 Å². The number of amides is 2. The highest BCUT2D eigenvalue weighted by Gasteiger charge is 2.25. The minimum Gasteiger partial charge on any atom is -0.480 e. The number of carbonyl (C=O) groups is 2. The summed E-state index contributed by atoms with van der Waals surface area (Å²) in [6.45, 7) is 5.76. The second-order valence-electron chi connectivity index (χ2n) is 5.67. The Labute approximate surface area is 120 Å². The van der Waals surface area contributed by atoms with Crippen molar-refractivity contribution in [3.63, 3.8) is 0 Å². The highest BCUT2D eigenvalue weighted by atomic mass is 16.4. The van der Waals surface area contributed by atoms with Crippen LogP contribution >= 0.6 is 0 Å². The number of carboxylic acid groups (broad SMARTS) is 1. The molecule has 1 aliphatic rings. The highest BCUT2D eigenvalue weighted by Crippen LogP contribution is 2.24. The molecule has 20 heavy (non-hydrogen) atoms. The molecule has 2 atom stereocenters. The van der Waals surface area contributed by atoms with Crippen LogP contribution in [0.1, 0.15) is 39.5 Å². The van der Waals surface area contributed by atoms with Crippen LogP contribution in [0, 0.1) is 24.2 Å². The molecule has 0 saturated carbocycles. The number of urea groups is 1. The van der Waals surface area contributed by atoms with Crippen LogP contribution in [0.2, 0.25) is 0 Å². The molecule has 1 saturated heterocycles. The van der Waals surface area contributed by atoms with Gasteiger partial charge in [-0.05, 0) is 31.1 Å². The Balaban J connectivity index is 2.55. The van der Waals surface area contributed by atoms with Crippen LogP contribution in [-0.4, -0.2) is 41.1 Å². The Morgan fingerprint density at radius 3 is 2.65 bits per heavy atom. The van der Waals surface area contributed by atoms with Gasteiger partial charge in [-0.3, -0.25) is 0 Å². The molecule has 112 valence electrons. The number of nitrogens with one attached hydrogen (secondary N) is 1. The molecule has 1 rings (SSSR count). The maximum Gasteiger partial charge on any atom is 0.327 e. The van der Waals surface area contributed by atoms with Gasteiger partial charge >= 0.3 is 12.0 Å². The van der Waals surface area contributed by atoms with E-state index in [0.717, 1.165) is 19.3 Å². The van der Waals surface area contributed by atoms with Gasteiger partial charge in [-0.25, -0.2) is 9.59 Å². The van der Waals surface area contributed by atoms with Crippen molar-refractivity contribution in [1.29, 1.82) is 0 Å². The van der Waals surface area contributed by atoms with E-state index < -0.39 is 12.0 Å². The van der Waals surface area contributed by atoms with Gasteiger partial charge in [-0.2, -0.15) is 0 Å². The molecule has 1 fully saturated rings. The van der Waals surface area contributed by atoms with Gasteiger partial charge in [0.25, 0.3) is 0 Å². The summed E-state index contributed by atoms with van der Waals surface area (Å²) in [5.41, 5.74) is 0. The first kappa shape index (κ1) is 16.4. The molecular weight excluding hydrogens is 256 g/mol. The number of carbonyl (C=O) groups excluding carboxylic acids is 1. The van der Waals surface area contributed by atoms with Crippen molar-refractivity contribution in [2.75, 3.05) is 13.1 Å². The maximum absolute atomic E-state index is 12.1. The van der Waals surface area contributed by atoms with Crippen LogP contribution in [0.4, 0.5) is 4.79 Å². The summed E-state index contributed by atoms with van der Waals surface area (Å²) in [7, 11) is 0. The van der Waals surface area contributed by atoms with Crippen LogP contribution in [0.15, 0.2) is 0 Å². The van der Waals surface area contributed by atoms with Gasteiger partial charge in [0.1, 0.15) is 6.04 Å². The van der Waals surface area contributed by atoms with Crippen molar-refractivity contribution in [3.8, 4) is 12.3 Å². The fraction of sp³-hybridized carbons (Fsp3) is 0.733. The third-order valence-electron chi connectivity index (χ3n) is 3.92. The van der Waals surface area contributed by atoms with Crippen molar-refractivity contribution in [3.05, 3.63) is 0 Å². The standard InChI is InChI=1S/C15H24N2O3/c1-4-6-13(14(18)19)16-15(20)17-9-5-7-12(8-10-17)11(2)3/h1,11-13H,5-10H2,2-3H3,(H,16,20)(H,18,19). The minimum absolute atomic E-state index is 0.00350. The molecule has 0 spiro atoms. The molecule has 5 heteroatoms. The van der Waals surface area contributed by atoms with E-state index in [-0.39, 0.29) is 12.5 Å². The molecule has 2 amide bonds. The predicted molar refractivity (Wildman–Crippen MR) is 77.2 cm³/mol. The fourth-order valence-corrected chi connectivity index (χ4v) is 2.55. The van der Waals surface area contributed by atoms with E-state index in [9.17, 15) is 9.59 Å². The molecular formula is C15H24N2O3. The van der Waals surface area contributed by atoms with Gasteiger partial charge < -0.3 is 15.3 Å². The van der Waals surface area contributed by atoms with E-state index >= 15 is 0 Å². The zero-order valence-corrected chi connectivity index (χ0v) is 12.3. The van der Waals surface area contributed by atoms with E-state index in [4.69, 9.17) is 11.5 Å². The second kappa shape index (κ2) is 7.78. The van der Waals surface area contributed by atoms with Gasteiger partial charge in [0.2, 0.25) is 0 Å². The van der Waals surface area contributed by atoms with Crippen molar-refractivity contribution in [2.24, 2.45) is 11.8 Å². The van der Waals surface area contributed by atoms with Crippen molar-refractivity contribution >= 4 is 12.0 Å². The number of hydrogen-bond acceptors (Lipinski definition) is 2. The van der Waals surface area contributed by atoms with Crippen LogP contribution in [0.5, 0.6) is 0 Å². The molecule has 0 aliphatic carbocycles. The zero-order valence-electron chi connectivity index (χ0n) is 12.3. The molecule has 0 bridgehead atoms. The molecule has 1 aliphatic heterocycles. The topological polar surface area (TPSA) is 69.6 Å². The van der Waals surface area contributed by atoms with Crippen molar-refractivity contribution in [2.45, 2.75) is 45.6 Å². The van der Waals surface area contributed by atoms with Gasteiger partial charge in [0, 0.05) is 19.5 Å². The average molecular weight is 280 g/mol. The lowest BCUT2D eigenvalue weighted by atomic mass is 9.89. The Bertz CT molecular complexity index is 387. The normalized spacial score (nSPS) is 20.9. The van der Waals surface area contributed by atoms with E-state index in [1.54, 1.807) is 4.90 Å². The summed E-state index contributed by atoms with van der Waals surface area (Å²) in [4.78, 5) is 24.8. The first-order valence-electron chi connectivity index (χ1n) is 7.17. The molecule has 2 N–H and O–H groups in total. The number of rotatable bonds is 4. The van der Waals surface area contributed by atoms with Gasteiger partial charge in [0.15, 0.2) is 0 Å². The Morgan fingerprint density at radius 2 is 2.10 bits per heavy atom. The first-order valence-corrected chi connectivity index (χ1v) is 7.17. The van der Waals surface area contributed by atoms with Crippen molar-refractivity contribution in [1.82, 2.24) is 10.2 Å². The summed E-state index contributed by atoms with van der Waals surface area (Å²) in [5.74, 6) is 2.44. The van der Waals surface area contributed by atoms with Crippen LogP contribution in [0.25, 0.3) is 0 Å². The molecule has 0 aromatic carbocycles. The fourth-order valence-electron chi connectivity index (χ4n) is 2.55. The lowest BCUT2D eigenvalue weighted by molar-refractivity contribution is -0.139. The third-order valence-corrected chi connectivity index (χ3v) is 3.92. The minimum atomic E-state index is -1.09. The van der Waals surface area contributed by atoms with E-state index in [2.05, 4.69) is 25.1 Å². The number of terminal acetylenes is 1. The SMILES string of the molecule is C#CCC(NC(=O)N1CCCC(C(C)C)CC1)C(=O)O. The number of hydrogen-bond donors (Lipinski definition) is 2. The third kappa shape index (κ3) is 4.76.